The Morgan fingerprint density at radius 3 is 1.81 bits per heavy atom. The summed E-state index contributed by atoms with van der Waals surface area (Å²) in [5, 5.41) is 8.98. The second-order valence-corrected chi connectivity index (χ2v) is 5.66. The van der Waals surface area contributed by atoms with E-state index in [1.807, 2.05) is 0 Å². The number of carbonyl (C=O) groups excluding carboxylic acids is 4. The largest absolute Gasteiger partial charge is 0.463 e. The molecule has 0 bridgehead atoms. The van der Waals surface area contributed by atoms with Crippen molar-refractivity contribution in [3.8, 4) is 0 Å². The van der Waals surface area contributed by atoms with E-state index in [2.05, 4.69) is 0 Å². The molecule has 1 fully saturated rings. The van der Waals surface area contributed by atoms with Crippen LogP contribution in [-0.4, -0.2) is 79.5 Å². The van der Waals surface area contributed by atoms with Crippen molar-refractivity contribution >= 4 is 23.9 Å². The first-order valence-electron chi connectivity index (χ1n) is 8.18. The Hall–Kier alpha value is -2.24. The number of ether oxygens (including phenoxy) is 6. The predicted molar refractivity (Wildman–Crippen MR) is 85.0 cm³/mol. The summed E-state index contributed by atoms with van der Waals surface area (Å²) >= 11 is 0. The minimum absolute atomic E-state index is 0.173. The molecule has 1 N–H and O–H groups in total. The van der Waals surface area contributed by atoms with Crippen molar-refractivity contribution in [1.82, 2.24) is 0 Å². The van der Waals surface area contributed by atoms with E-state index in [4.69, 9.17) is 33.5 Å². The van der Waals surface area contributed by atoms with Crippen LogP contribution in [0.15, 0.2) is 0 Å². The summed E-state index contributed by atoms with van der Waals surface area (Å²) in [6, 6.07) is 0. The molecule has 0 aliphatic carbocycles. The Morgan fingerprint density at radius 1 is 0.815 bits per heavy atom. The highest BCUT2D eigenvalue weighted by Gasteiger charge is 2.52. The molecule has 1 aliphatic rings. The molecule has 0 saturated carbocycles. The van der Waals surface area contributed by atoms with Crippen molar-refractivity contribution in [2.75, 3.05) is 19.8 Å². The third kappa shape index (κ3) is 7.49. The molecule has 11 heteroatoms. The molecule has 0 aromatic rings. The molecule has 1 aliphatic heterocycles. The smallest absolute Gasteiger partial charge is 0.303 e. The average Bonchev–Trinajstić information content (AvgIpc) is 2.54. The van der Waals surface area contributed by atoms with E-state index in [0.29, 0.717) is 0 Å². The predicted octanol–water partition coefficient (Wildman–Crippen LogP) is -0.922. The highest BCUT2D eigenvalue weighted by Crippen LogP contribution is 2.29. The Bertz CT molecular complexity index is 546. The average molecular weight is 392 g/mol. The Balaban J connectivity index is 3.22. The number of hydrogen-bond acceptors (Lipinski definition) is 11. The molecule has 0 amide bonds. The lowest BCUT2D eigenvalue weighted by Gasteiger charge is -2.43. The zero-order valence-corrected chi connectivity index (χ0v) is 15.5. The van der Waals surface area contributed by atoms with Gasteiger partial charge < -0.3 is 33.5 Å². The number of hydrogen-bond donors (Lipinski definition) is 1. The maximum atomic E-state index is 11.6. The van der Waals surface area contributed by atoms with Crippen LogP contribution in [0.5, 0.6) is 0 Å². The van der Waals surface area contributed by atoms with Crippen LogP contribution in [0.1, 0.15) is 27.7 Å². The summed E-state index contributed by atoms with van der Waals surface area (Å²) in [5.41, 5.74) is 0. The molecular weight excluding hydrogens is 368 g/mol. The molecule has 0 aromatic heterocycles. The standard InChI is InChI=1S/C16H24O11/c1-8(18)23-7-12-13(24-9(2)19)14(25-10(3)20)15(26-11(4)21)16(27-12)22-6-5-17/h12-17H,5-7H2,1-4H3. The minimum atomic E-state index is -1.28. The molecule has 0 radical (unpaired) electrons. The Labute approximate surface area is 155 Å². The second kappa shape index (κ2) is 10.8. The zero-order chi connectivity index (χ0) is 20.6. The van der Waals surface area contributed by atoms with Gasteiger partial charge in [-0.3, -0.25) is 19.2 Å². The van der Waals surface area contributed by atoms with Crippen LogP contribution in [0.25, 0.3) is 0 Å². The lowest BCUT2D eigenvalue weighted by molar-refractivity contribution is -0.308. The van der Waals surface area contributed by atoms with Gasteiger partial charge >= 0.3 is 23.9 Å². The van der Waals surface area contributed by atoms with Gasteiger partial charge in [-0.2, -0.15) is 0 Å². The highest BCUT2D eigenvalue weighted by atomic mass is 16.7. The molecule has 0 aromatic carbocycles. The lowest BCUT2D eigenvalue weighted by Crippen LogP contribution is -2.63. The quantitative estimate of drug-likeness (QED) is 0.404. The number of aliphatic hydroxyl groups is 1. The summed E-state index contributed by atoms with van der Waals surface area (Å²) < 4.78 is 31.4. The molecule has 1 saturated heterocycles. The third-order valence-corrected chi connectivity index (χ3v) is 3.32. The lowest BCUT2D eigenvalue weighted by atomic mass is 9.98. The van der Waals surface area contributed by atoms with Gasteiger partial charge in [0.1, 0.15) is 12.7 Å². The third-order valence-electron chi connectivity index (χ3n) is 3.32. The van der Waals surface area contributed by atoms with E-state index < -0.39 is 54.6 Å². The molecule has 154 valence electrons. The van der Waals surface area contributed by atoms with Gasteiger partial charge in [-0.1, -0.05) is 0 Å². The van der Waals surface area contributed by atoms with E-state index in [9.17, 15) is 19.2 Å². The fraction of sp³-hybridized carbons (Fsp3) is 0.750. The van der Waals surface area contributed by atoms with Crippen LogP contribution in [0.4, 0.5) is 0 Å². The van der Waals surface area contributed by atoms with Gasteiger partial charge in [-0.05, 0) is 0 Å². The number of esters is 4. The summed E-state index contributed by atoms with van der Waals surface area (Å²) in [6.07, 6.45) is -6.14. The van der Waals surface area contributed by atoms with Crippen LogP contribution in [-0.2, 0) is 47.6 Å². The van der Waals surface area contributed by atoms with Gasteiger partial charge in [-0.25, -0.2) is 0 Å². The summed E-state index contributed by atoms with van der Waals surface area (Å²) in [5.74, 6) is -2.79. The first kappa shape index (κ1) is 22.8. The molecular formula is C16H24O11. The summed E-state index contributed by atoms with van der Waals surface area (Å²) in [4.78, 5) is 45.7. The number of aliphatic hydroxyl groups excluding tert-OH is 1. The van der Waals surface area contributed by atoms with Gasteiger partial charge in [0.05, 0.1) is 13.2 Å². The Morgan fingerprint density at radius 2 is 1.33 bits per heavy atom. The zero-order valence-electron chi connectivity index (χ0n) is 15.5. The van der Waals surface area contributed by atoms with E-state index in [-0.39, 0.29) is 19.8 Å². The number of rotatable bonds is 8. The van der Waals surface area contributed by atoms with Crippen molar-refractivity contribution in [2.24, 2.45) is 0 Å². The van der Waals surface area contributed by atoms with Gasteiger partial charge in [0.15, 0.2) is 24.6 Å². The van der Waals surface area contributed by atoms with Crippen LogP contribution >= 0.6 is 0 Å². The molecule has 1 rings (SSSR count). The number of carbonyl (C=O) groups is 4. The first-order valence-corrected chi connectivity index (χ1v) is 8.18. The van der Waals surface area contributed by atoms with Crippen LogP contribution in [0.2, 0.25) is 0 Å². The summed E-state index contributed by atoms with van der Waals surface area (Å²) in [7, 11) is 0. The fourth-order valence-corrected chi connectivity index (χ4v) is 2.49. The van der Waals surface area contributed by atoms with Gasteiger partial charge in [0, 0.05) is 27.7 Å². The second-order valence-electron chi connectivity index (χ2n) is 5.66. The Kier molecular flexibility index (Phi) is 9.12. The molecule has 27 heavy (non-hydrogen) atoms. The van der Waals surface area contributed by atoms with Crippen molar-refractivity contribution in [2.45, 2.75) is 58.4 Å². The van der Waals surface area contributed by atoms with E-state index in [1.54, 1.807) is 0 Å². The molecule has 5 unspecified atom stereocenters. The topological polar surface area (TPSA) is 144 Å². The molecule has 11 nitrogen and oxygen atoms in total. The first-order chi connectivity index (χ1) is 12.6. The van der Waals surface area contributed by atoms with E-state index in [0.717, 1.165) is 20.8 Å². The fourth-order valence-electron chi connectivity index (χ4n) is 2.49. The summed E-state index contributed by atoms with van der Waals surface area (Å²) in [6.45, 7) is 3.68. The van der Waals surface area contributed by atoms with E-state index >= 15 is 0 Å². The molecule has 5 atom stereocenters. The van der Waals surface area contributed by atoms with Crippen molar-refractivity contribution < 1.29 is 52.7 Å². The molecule has 1 heterocycles. The van der Waals surface area contributed by atoms with Crippen molar-refractivity contribution in [3.63, 3.8) is 0 Å². The monoisotopic (exact) mass is 392 g/mol. The maximum Gasteiger partial charge on any atom is 0.303 e. The normalized spacial score (nSPS) is 27.4. The highest BCUT2D eigenvalue weighted by molar-refractivity contribution is 5.68. The van der Waals surface area contributed by atoms with Crippen LogP contribution in [0, 0.1) is 0 Å². The van der Waals surface area contributed by atoms with Gasteiger partial charge in [0.25, 0.3) is 0 Å². The molecule has 0 spiro atoms. The SMILES string of the molecule is CC(=O)OCC1OC(OCCO)C(OC(C)=O)C(OC(C)=O)C1OC(C)=O. The van der Waals surface area contributed by atoms with Gasteiger partial charge in [-0.15, -0.1) is 0 Å². The van der Waals surface area contributed by atoms with Crippen LogP contribution < -0.4 is 0 Å². The minimum Gasteiger partial charge on any atom is -0.463 e. The van der Waals surface area contributed by atoms with Crippen molar-refractivity contribution in [1.29, 1.82) is 0 Å². The van der Waals surface area contributed by atoms with E-state index in [1.165, 1.54) is 6.92 Å². The van der Waals surface area contributed by atoms with Gasteiger partial charge in [0.2, 0.25) is 0 Å². The van der Waals surface area contributed by atoms with Crippen molar-refractivity contribution in [3.05, 3.63) is 0 Å². The maximum absolute atomic E-state index is 11.6. The van der Waals surface area contributed by atoms with Crippen LogP contribution in [0.3, 0.4) is 0 Å².